The molecule has 0 aliphatic carbocycles. The van der Waals surface area contributed by atoms with Crippen LogP contribution in [0.15, 0.2) is 27.3 Å². The highest BCUT2D eigenvalue weighted by Crippen LogP contribution is 2.29. The van der Waals surface area contributed by atoms with Crippen LogP contribution in [-0.2, 0) is 0 Å². The first kappa shape index (κ1) is 9.48. The molecule has 0 saturated carbocycles. The summed E-state index contributed by atoms with van der Waals surface area (Å²) < 4.78 is 5.94. The third-order valence-electron chi connectivity index (χ3n) is 1.59. The van der Waals surface area contributed by atoms with Crippen molar-refractivity contribution in [1.29, 1.82) is 0 Å². The summed E-state index contributed by atoms with van der Waals surface area (Å²) in [4.78, 5) is 7.73. The van der Waals surface area contributed by atoms with Gasteiger partial charge < -0.3 is 10.2 Å². The zero-order chi connectivity index (χ0) is 10.1. The molecule has 6 heteroatoms. The molecule has 4 nitrogen and oxygen atoms in total. The summed E-state index contributed by atoms with van der Waals surface area (Å²) in [6.45, 7) is 0. The highest BCUT2D eigenvalue weighted by molar-refractivity contribution is 9.10. The van der Waals surface area contributed by atoms with Crippen molar-refractivity contribution in [2.45, 2.75) is 0 Å². The predicted octanol–water partition coefficient (Wildman–Crippen LogP) is 2.73. The van der Waals surface area contributed by atoms with Gasteiger partial charge in [0, 0.05) is 10.7 Å². The Bertz CT molecular complexity index is 471. The van der Waals surface area contributed by atoms with E-state index < -0.39 is 0 Å². The molecule has 2 aromatic heterocycles. The largest absolute Gasteiger partial charge is 0.424 e. The second-order valence-corrected chi connectivity index (χ2v) is 3.83. The lowest BCUT2D eigenvalue weighted by molar-refractivity contribution is 0.594. The predicted molar refractivity (Wildman–Crippen MR) is 56.9 cm³/mol. The van der Waals surface area contributed by atoms with E-state index in [1.54, 1.807) is 12.3 Å². The first-order chi connectivity index (χ1) is 6.66. The van der Waals surface area contributed by atoms with Gasteiger partial charge in [-0.2, -0.15) is 0 Å². The van der Waals surface area contributed by atoms with E-state index in [2.05, 4.69) is 25.9 Å². The lowest BCUT2D eigenvalue weighted by Gasteiger charge is -1.98. The maximum absolute atomic E-state index is 5.88. The molecule has 0 saturated heterocycles. The number of anilines is 1. The summed E-state index contributed by atoms with van der Waals surface area (Å²) in [6.07, 6.45) is 3.11. The van der Waals surface area contributed by atoms with Gasteiger partial charge in [0.1, 0.15) is 5.15 Å². The Labute approximate surface area is 93.2 Å². The summed E-state index contributed by atoms with van der Waals surface area (Å²) in [5.74, 6) is 0.501. The molecule has 2 rings (SSSR count). The molecule has 0 amide bonds. The lowest BCUT2D eigenvalue weighted by atomic mass is 10.2. The van der Waals surface area contributed by atoms with Crippen molar-refractivity contribution in [2.75, 3.05) is 5.73 Å². The Morgan fingerprint density at radius 3 is 2.79 bits per heavy atom. The number of halogens is 2. The minimum atomic E-state index is 0.107. The fourth-order valence-corrected chi connectivity index (χ4v) is 1.54. The molecule has 0 spiro atoms. The number of hydrogen-bond donors (Lipinski definition) is 1. The number of nitrogen functional groups attached to an aromatic ring is 1. The molecule has 14 heavy (non-hydrogen) atoms. The monoisotopic (exact) mass is 273 g/mol. The van der Waals surface area contributed by atoms with E-state index >= 15 is 0 Å². The number of aromatic nitrogens is 2. The third-order valence-corrected chi connectivity index (χ3v) is 2.33. The summed E-state index contributed by atoms with van der Waals surface area (Å²) in [5.41, 5.74) is 6.01. The van der Waals surface area contributed by atoms with Crippen molar-refractivity contribution in [1.82, 2.24) is 9.97 Å². The van der Waals surface area contributed by atoms with Crippen molar-refractivity contribution in [2.24, 2.45) is 0 Å². The Morgan fingerprint density at radius 2 is 2.14 bits per heavy atom. The standard InChI is InChI=1S/C8H5BrClN3O/c9-4-1-5(7(10)12-2-4)6-3-13-8(11)14-6/h1-3H,(H2,11,13). The Morgan fingerprint density at radius 1 is 1.36 bits per heavy atom. The quantitative estimate of drug-likeness (QED) is 0.812. The van der Waals surface area contributed by atoms with E-state index in [1.807, 2.05) is 0 Å². The number of pyridine rings is 1. The number of oxazole rings is 1. The van der Waals surface area contributed by atoms with Gasteiger partial charge in [0.05, 0.1) is 11.8 Å². The van der Waals surface area contributed by atoms with Crippen LogP contribution in [0.5, 0.6) is 0 Å². The molecule has 0 radical (unpaired) electrons. The van der Waals surface area contributed by atoms with Crippen LogP contribution in [-0.4, -0.2) is 9.97 Å². The van der Waals surface area contributed by atoms with E-state index in [0.717, 1.165) is 4.47 Å². The first-order valence-electron chi connectivity index (χ1n) is 3.69. The van der Waals surface area contributed by atoms with E-state index in [1.165, 1.54) is 6.20 Å². The zero-order valence-electron chi connectivity index (χ0n) is 6.87. The van der Waals surface area contributed by atoms with Crippen molar-refractivity contribution in [3.63, 3.8) is 0 Å². The molecule has 0 atom stereocenters. The van der Waals surface area contributed by atoms with E-state index in [9.17, 15) is 0 Å². The number of nitrogens with two attached hydrogens (primary N) is 1. The lowest BCUT2D eigenvalue weighted by Crippen LogP contribution is -1.82. The van der Waals surface area contributed by atoms with Gasteiger partial charge in [-0.05, 0) is 22.0 Å². The number of rotatable bonds is 1. The smallest absolute Gasteiger partial charge is 0.292 e. The zero-order valence-corrected chi connectivity index (χ0v) is 9.21. The van der Waals surface area contributed by atoms with E-state index in [-0.39, 0.29) is 6.01 Å². The molecular weight excluding hydrogens is 269 g/mol. The van der Waals surface area contributed by atoms with Crippen molar-refractivity contribution in [3.05, 3.63) is 28.1 Å². The molecule has 0 aliphatic rings. The average Bonchev–Trinajstić information content (AvgIpc) is 2.56. The van der Waals surface area contributed by atoms with Crippen molar-refractivity contribution >= 4 is 33.5 Å². The fraction of sp³-hybridized carbons (Fsp3) is 0. The minimum absolute atomic E-state index is 0.107. The van der Waals surface area contributed by atoms with Crippen LogP contribution in [0, 0.1) is 0 Å². The number of hydrogen-bond acceptors (Lipinski definition) is 4. The van der Waals surface area contributed by atoms with Crippen LogP contribution in [0.25, 0.3) is 11.3 Å². The Balaban J connectivity index is 2.55. The molecule has 72 valence electrons. The van der Waals surface area contributed by atoms with Crippen LogP contribution in [0.4, 0.5) is 6.01 Å². The van der Waals surface area contributed by atoms with Crippen LogP contribution in [0.3, 0.4) is 0 Å². The average molecular weight is 275 g/mol. The molecule has 0 aliphatic heterocycles. The molecule has 2 N–H and O–H groups in total. The molecule has 0 aromatic carbocycles. The van der Waals surface area contributed by atoms with Gasteiger partial charge in [0.2, 0.25) is 0 Å². The van der Waals surface area contributed by atoms with Crippen LogP contribution in [0.1, 0.15) is 0 Å². The van der Waals surface area contributed by atoms with Gasteiger partial charge in [-0.15, -0.1) is 0 Å². The maximum atomic E-state index is 5.88. The SMILES string of the molecule is Nc1ncc(-c2cc(Br)cnc2Cl)o1. The van der Waals surface area contributed by atoms with Crippen LogP contribution in [0.2, 0.25) is 5.15 Å². The highest BCUT2D eigenvalue weighted by Gasteiger charge is 2.09. The van der Waals surface area contributed by atoms with Gasteiger partial charge in [-0.25, -0.2) is 9.97 Å². The van der Waals surface area contributed by atoms with Crippen LogP contribution >= 0.6 is 27.5 Å². The third kappa shape index (κ3) is 1.73. The fourth-order valence-electron chi connectivity index (χ4n) is 1.01. The number of nitrogens with zero attached hydrogens (tertiary/aromatic N) is 2. The normalized spacial score (nSPS) is 10.4. The molecule has 0 bridgehead atoms. The highest BCUT2D eigenvalue weighted by atomic mass is 79.9. The minimum Gasteiger partial charge on any atom is -0.424 e. The van der Waals surface area contributed by atoms with Gasteiger partial charge >= 0.3 is 0 Å². The molecular formula is C8H5BrClN3O. The maximum Gasteiger partial charge on any atom is 0.292 e. The van der Waals surface area contributed by atoms with E-state index in [0.29, 0.717) is 16.5 Å². The second kappa shape index (κ2) is 3.59. The summed E-state index contributed by atoms with van der Waals surface area (Å²) >= 11 is 9.17. The molecule has 2 heterocycles. The molecule has 2 aromatic rings. The Kier molecular flexibility index (Phi) is 2.43. The van der Waals surface area contributed by atoms with Gasteiger partial charge in [0.25, 0.3) is 6.01 Å². The second-order valence-electron chi connectivity index (χ2n) is 2.55. The Hall–Kier alpha value is -1.07. The topological polar surface area (TPSA) is 64.9 Å². The van der Waals surface area contributed by atoms with Crippen molar-refractivity contribution < 1.29 is 4.42 Å². The summed E-state index contributed by atoms with van der Waals surface area (Å²) in [7, 11) is 0. The van der Waals surface area contributed by atoms with Gasteiger partial charge in [-0.3, -0.25) is 0 Å². The van der Waals surface area contributed by atoms with Crippen molar-refractivity contribution in [3.8, 4) is 11.3 Å². The van der Waals surface area contributed by atoms with Gasteiger partial charge in [-0.1, -0.05) is 11.6 Å². The first-order valence-corrected chi connectivity index (χ1v) is 4.86. The summed E-state index contributed by atoms with van der Waals surface area (Å²) in [5, 5.41) is 0.351. The van der Waals surface area contributed by atoms with E-state index in [4.69, 9.17) is 21.8 Å². The molecule has 0 unspecified atom stereocenters. The van der Waals surface area contributed by atoms with Gasteiger partial charge in [0.15, 0.2) is 5.76 Å². The van der Waals surface area contributed by atoms with Crippen LogP contribution < -0.4 is 5.73 Å². The molecule has 0 fully saturated rings. The summed E-state index contributed by atoms with van der Waals surface area (Å²) in [6, 6.07) is 1.89.